The quantitative estimate of drug-likeness (QED) is 0.563. The number of halogens is 1. The molecule has 106 valence electrons. The Morgan fingerprint density at radius 1 is 1.26 bits per heavy atom. The number of hydrogen-bond acceptors (Lipinski definition) is 4. The summed E-state index contributed by atoms with van der Waals surface area (Å²) in [5.74, 6) is 0.0544. The molecule has 0 saturated heterocycles. The third-order valence-electron chi connectivity index (χ3n) is 2.74. The molecule has 0 bridgehead atoms. The van der Waals surface area contributed by atoms with E-state index in [9.17, 15) is 0 Å². The number of nitrogens with one attached hydrogen (secondary N) is 1. The van der Waals surface area contributed by atoms with Crippen molar-refractivity contribution in [3.8, 4) is 0 Å². The molecule has 19 heavy (non-hydrogen) atoms. The predicted molar refractivity (Wildman–Crippen MR) is 81.1 cm³/mol. The van der Waals surface area contributed by atoms with Crippen molar-refractivity contribution in [3.63, 3.8) is 0 Å². The molecular weight excluding hydrogens is 310 g/mol. The zero-order valence-corrected chi connectivity index (χ0v) is 12.9. The van der Waals surface area contributed by atoms with Crippen molar-refractivity contribution in [1.29, 1.82) is 5.41 Å². The minimum absolute atomic E-state index is 0.0544. The van der Waals surface area contributed by atoms with E-state index >= 15 is 0 Å². The summed E-state index contributed by atoms with van der Waals surface area (Å²) in [5, 5.41) is 7.47. The van der Waals surface area contributed by atoms with Gasteiger partial charge in [-0.2, -0.15) is 0 Å². The van der Waals surface area contributed by atoms with Gasteiger partial charge in [0.2, 0.25) is 0 Å². The van der Waals surface area contributed by atoms with Crippen molar-refractivity contribution in [1.82, 2.24) is 0 Å². The number of anilines is 1. The molecule has 0 saturated carbocycles. The van der Waals surface area contributed by atoms with Crippen molar-refractivity contribution in [2.45, 2.75) is 0 Å². The van der Waals surface area contributed by atoms with Crippen LogP contribution in [0.5, 0.6) is 0 Å². The van der Waals surface area contributed by atoms with Crippen LogP contribution in [0.1, 0.15) is 5.56 Å². The zero-order valence-electron chi connectivity index (χ0n) is 11.3. The van der Waals surface area contributed by atoms with Crippen molar-refractivity contribution < 1.29 is 9.47 Å². The van der Waals surface area contributed by atoms with Crippen LogP contribution >= 0.6 is 15.9 Å². The Bertz CT molecular complexity index is 418. The summed E-state index contributed by atoms with van der Waals surface area (Å²) in [6, 6.07) is 5.75. The highest BCUT2D eigenvalue weighted by Crippen LogP contribution is 2.24. The molecule has 0 amide bonds. The third-order valence-corrected chi connectivity index (χ3v) is 3.39. The molecule has 0 radical (unpaired) electrons. The van der Waals surface area contributed by atoms with Crippen LogP contribution in [0.3, 0.4) is 0 Å². The van der Waals surface area contributed by atoms with Crippen LogP contribution in [0.15, 0.2) is 22.7 Å². The van der Waals surface area contributed by atoms with E-state index in [-0.39, 0.29) is 5.84 Å². The van der Waals surface area contributed by atoms with Gasteiger partial charge in [0.25, 0.3) is 0 Å². The zero-order chi connectivity index (χ0) is 14.3. The lowest BCUT2D eigenvalue weighted by atomic mass is 10.2. The van der Waals surface area contributed by atoms with E-state index < -0.39 is 0 Å². The fourth-order valence-electron chi connectivity index (χ4n) is 1.69. The van der Waals surface area contributed by atoms with E-state index in [1.165, 1.54) is 0 Å². The largest absolute Gasteiger partial charge is 0.384 e. The molecule has 0 spiro atoms. The molecule has 0 unspecified atom stereocenters. The Labute approximate surface area is 122 Å². The Kier molecular flexibility index (Phi) is 6.83. The standard InChI is InChI=1S/C13H20BrN3O2/c1-18-7-5-17(6-8-19-2)10-3-4-11(13(15)16)12(14)9-10/h3-4,9H,5-8H2,1-2H3,(H3,15,16). The van der Waals surface area contributed by atoms with Crippen LogP contribution in [0.2, 0.25) is 0 Å². The number of rotatable bonds is 8. The van der Waals surface area contributed by atoms with E-state index in [4.69, 9.17) is 20.6 Å². The van der Waals surface area contributed by atoms with Crippen LogP contribution in [0.4, 0.5) is 5.69 Å². The molecular formula is C13H20BrN3O2. The number of nitrogens with two attached hydrogens (primary N) is 1. The van der Waals surface area contributed by atoms with Gasteiger partial charge >= 0.3 is 0 Å². The first-order chi connectivity index (χ1) is 9.10. The molecule has 0 aromatic heterocycles. The summed E-state index contributed by atoms with van der Waals surface area (Å²) in [7, 11) is 3.37. The third kappa shape index (κ3) is 4.81. The SMILES string of the molecule is COCCN(CCOC)c1ccc(C(=N)N)c(Br)c1. The van der Waals surface area contributed by atoms with Gasteiger partial charge in [0.1, 0.15) is 5.84 Å². The average molecular weight is 330 g/mol. The van der Waals surface area contributed by atoms with Gasteiger partial charge in [-0.25, -0.2) is 0 Å². The summed E-state index contributed by atoms with van der Waals surface area (Å²) in [5.41, 5.74) is 7.24. The Morgan fingerprint density at radius 3 is 2.26 bits per heavy atom. The summed E-state index contributed by atoms with van der Waals surface area (Å²) in [6.45, 7) is 2.86. The maximum absolute atomic E-state index is 7.47. The first-order valence-electron chi connectivity index (χ1n) is 5.97. The lowest BCUT2D eigenvalue weighted by Gasteiger charge is -2.24. The van der Waals surface area contributed by atoms with Crippen molar-refractivity contribution in [2.24, 2.45) is 5.73 Å². The van der Waals surface area contributed by atoms with E-state index in [2.05, 4.69) is 20.8 Å². The number of methoxy groups -OCH3 is 2. The fraction of sp³-hybridized carbons (Fsp3) is 0.462. The fourth-order valence-corrected chi connectivity index (χ4v) is 2.27. The minimum Gasteiger partial charge on any atom is -0.384 e. The van der Waals surface area contributed by atoms with E-state index in [1.54, 1.807) is 14.2 Å². The number of ether oxygens (including phenoxy) is 2. The van der Waals surface area contributed by atoms with Gasteiger partial charge < -0.3 is 20.1 Å². The number of nitrogen functional groups attached to an aromatic ring is 1. The number of nitrogens with zero attached hydrogens (tertiary/aromatic N) is 1. The molecule has 0 aliphatic heterocycles. The van der Waals surface area contributed by atoms with E-state index in [0.29, 0.717) is 18.8 Å². The normalized spacial score (nSPS) is 10.5. The molecule has 0 atom stereocenters. The molecule has 5 nitrogen and oxygen atoms in total. The lowest BCUT2D eigenvalue weighted by Crippen LogP contribution is -2.30. The summed E-state index contributed by atoms with van der Waals surface area (Å²) in [6.07, 6.45) is 0. The van der Waals surface area contributed by atoms with Gasteiger partial charge in [-0.05, 0) is 34.1 Å². The highest BCUT2D eigenvalue weighted by Gasteiger charge is 2.10. The van der Waals surface area contributed by atoms with Gasteiger partial charge in [-0.3, -0.25) is 5.41 Å². The molecule has 1 rings (SSSR count). The molecule has 0 fully saturated rings. The van der Waals surface area contributed by atoms with Gasteiger partial charge in [0.05, 0.1) is 13.2 Å². The van der Waals surface area contributed by atoms with Crippen LogP contribution in [-0.2, 0) is 9.47 Å². The van der Waals surface area contributed by atoms with Crippen LogP contribution in [0.25, 0.3) is 0 Å². The van der Waals surface area contributed by atoms with Crippen LogP contribution in [-0.4, -0.2) is 46.4 Å². The van der Waals surface area contributed by atoms with E-state index in [0.717, 1.165) is 23.2 Å². The molecule has 0 aliphatic carbocycles. The molecule has 1 aromatic carbocycles. The monoisotopic (exact) mass is 329 g/mol. The van der Waals surface area contributed by atoms with Crippen molar-refractivity contribution >= 4 is 27.5 Å². The molecule has 3 N–H and O–H groups in total. The predicted octanol–water partition coefficient (Wildman–Crippen LogP) is 1.83. The van der Waals surface area contributed by atoms with Crippen LogP contribution < -0.4 is 10.6 Å². The van der Waals surface area contributed by atoms with Crippen LogP contribution in [0, 0.1) is 5.41 Å². The Balaban J connectivity index is 2.88. The van der Waals surface area contributed by atoms with Gasteiger partial charge in [0, 0.05) is 43.0 Å². The maximum atomic E-state index is 7.47. The van der Waals surface area contributed by atoms with Crippen molar-refractivity contribution in [2.75, 3.05) is 45.4 Å². The lowest BCUT2D eigenvalue weighted by molar-refractivity contribution is 0.190. The van der Waals surface area contributed by atoms with Gasteiger partial charge in [-0.1, -0.05) is 0 Å². The molecule has 0 aliphatic rings. The number of amidine groups is 1. The second-order valence-electron chi connectivity index (χ2n) is 4.05. The number of hydrogen-bond donors (Lipinski definition) is 2. The highest BCUT2D eigenvalue weighted by molar-refractivity contribution is 9.10. The first kappa shape index (κ1) is 15.9. The maximum Gasteiger partial charge on any atom is 0.123 e. The topological polar surface area (TPSA) is 71.6 Å². The second-order valence-corrected chi connectivity index (χ2v) is 4.90. The van der Waals surface area contributed by atoms with Gasteiger partial charge in [0.15, 0.2) is 0 Å². The number of benzene rings is 1. The summed E-state index contributed by atoms with van der Waals surface area (Å²) < 4.78 is 11.1. The summed E-state index contributed by atoms with van der Waals surface area (Å²) in [4.78, 5) is 2.17. The highest BCUT2D eigenvalue weighted by atomic mass is 79.9. The van der Waals surface area contributed by atoms with Crippen molar-refractivity contribution in [3.05, 3.63) is 28.2 Å². The smallest absolute Gasteiger partial charge is 0.123 e. The molecule has 0 heterocycles. The summed E-state index contributed by atoms with van der Waals surface area (Å²) >= 11 is 3.44. The van der Waals surface area contributed by atoms with Gasteiger partial charge in [-0.15, -0.1) is 0 Å². The first-order valence-corrected chi connectivity index (χ1v) is 6.76. The Hall–Kier alpha value is -1.11. The van der Waals surface area contributed by atoms with E-state index in [1.807, 2.05) is 18.2 Å². The Morgan fingerprint density at radius 2 is 1.84 bits per heavy atom. The second kappa shape index (κ2) is 8.14. The molecule has 6 heteroatoms. The average Bonchev–Trinajstić information content (AvgIpc) is 2.38. The minimum atomic E-state index is 0.0544. The molecule has 1 aromatic rings.